The predicted octanol–water partition coefficient (Wildman–Crippen LogP) is 7.09. The molecule has 0 spiro atoms. The molecule has 4 bridgehead atoms. The van der Waals surface area contributed by atoms with Crippen molar-refractivity contribution in [2.24, 2.45) is 33.5 Å². The van der Waals surface area contributed by atoms with Crippen LogP contribution in [-0.2, 0) is 0 Å². The van der Waals surface area contributed by atoms with Crippen molar-refractivity contribution >= 4 is 25.5 Å². The zero-order valence-electron chi connectivity index (χ0n) is 21.4. The maximum absolute atomic E-state index is 3.52. The fraction of sp³-hybridized carbons (Fsp3) is 0.500. The molecule has 0 unspecified atom stereocenters. The topological polar surface area (TPSA) is 0 Å². The van der Waals surface area contributed by atoms with Crippen LogP contribution in [0.1, 0.15) is 67.2 Å². The van der Waals surface area contributed by atoms with E-state index in [1.165, 1.54) is 25.7 Å². The molecule has 0 heterocycles. The first-order valence-electron chi connectivity index (χ1n) is 13.2. The molecule has 33 heavy (non-hydrogen) atoms. The van der Waals surface area contributed by atoms with Crippen LogP contribution >= 0.6 is 0 Å². The van der Waals surface area contributed by atoms with Crippen LogP contribution in [0, 0.1) is 33.5 Å². The second-order valence-electron chi connectivity index (χ2n) is 13.0. The van der Waals surface area contributed by atoms with Crippen molar-refractivity contribution in [3.8, 4) is 0 Å². The van der Waals surface area contributed by atoms with E-state index in [4.69, 9.17) is 0 Å². The van der Waals surface area contributed by atoms with Crippen LogP contribution in [0.2, 0.25) is 0 Å². The SMILES string of the molecule is CC1(C)[C@H]2C=[C]([Sn]([C]3=C[C@H]4CC[C@]3(C)C4(C)C)([c]3ccccc3)[c]3ccccc3)[C@]1(C)CC2. The van der Waals surface area contributed by atoms with E-state index in [0.717, 1.165) is 11.8 Å². The molecular formula is C32H40Sn. The molecule has 0 saturated heterocycles. The summed E-state index contributed by atoms with van der Waals surface area (Å²) in [6, 6.07) is 23.7. The van der Waals surface area contributed by atoms with E-state index < -0.39 is 18.4 Å². The molecule has 2 aromatic carbocycles. The number of hydrogen-bond donors (Lipinski definition) is 0. The van der Waals surface area contributed by atoms with Crippen LogP contribution in [-0.4, -0.2) is 18.4 Å². The van der Waals surface area contributed by atoms with Gasteiger partial charge in [-0.1, -0.05) is 0 Å². The van der Waals surface area contributed by atoms with E-state index in [9.17, 15) is 0 Å². The van der Waals surface area contributed by atoms with Gasteiger partial charge < -0.3 is 0 Å². The summed E-state index contributed by atoms with van der Waals surface area (Å²) in [6.45, 7) is 15.6. The van der Waals surface area contributed by atoms with Gasteiger partial charge >= 0.3 is 206 Å². The quantitative estimate of drug-likeness (QED) is 0.361. The average molecular weight is 543 g/mol. The Labute approximate surface area is 205 Å². The van der Waals surface area contributed by atoms with Gasteiger partial charge in [0.1, 0.15) is 0 Å². The van der Waals surface area contributed by atoms with Crippen molar-refractivity contribution in [1.82, 2.24) is 0 Å². The number of rotatable bonds is 4. The Morgan fingerprint density at radius 3 is 1.21 bits per heavy atom. The molecule has 2 fully saturated rings. The molecule has 2 aromatic rings. The van der Waals surface area contributed by atoms with E-state index in [-0.39, 0.29) is 0 Å². The zero-order valence-corrected chi connectivity index (χ0v) is 24.3. The van der Waals surface area contributed by atoms with Gasteiger partial charge in [-0.25, -0.2) is 0 Å². The maximum atomic E-state index is 2.84. The summed E-state index contributed by atoms with van der Waals surface area (Å²) >= 11 is -3.52. The molecule has 4 aliphatic carbocycles. The monoisotopic (exact) mass is 544 g/mol. The van der Waals surface area contributed by atoms with Gasteiger partial charge in [0.2, 0.25) is 0 Å². The normalized spacial score (nSPS) is 35.6. The molecule has 0 amide bonds. The van der Waals surface area contributed by atoms with Crippen molar-refractivity contribution < 1.29 is 0 Å². The Balaban J connectivity index is 1.73. The molecule has 172 valence electrons. The number of fused-ring (bicyclic) bond motifs is 4. The minimum absolute atomic E-state index is 0.294. The van der Waals surface area contributed by atoms with Gasteiger partial charge in [-0.2, -0.15) is 0 Å². The van der Waals surface area contributed by atoms with Crippen LogP contribution in [0.4, 0.5) is 0 Å². The molecular weight excluding hydrogens is 503 g/mol. The Kier molecular flexibility index (Phi) is 4.64. The summed E-state index contributed by atoms with van der Waals surface area (Å²) in [4.78, 5) is 0. The summed E-state index contributed by atoms with van der Waals surface area (Å²) in [5, 5.41) is 0. The van der Waals surface area contributed by atoms with Crippen molar-refractivity contribution in [3.63, 3.8) is 0 Å². The first kappa shape index (κ1) is 22.2. The Hall–Kier alpha value is -1.28. The van der Waals surface area contributed by atoms with Gasteiger partial charge in [0, 0.05) is 0 Å². The van der Waals surface area contributed by atoms with Crippen LogP contribution < -0.4 is 7.16 Å². The van der Waals surface area contributed by atoms with E-state index in [0.29, 0.717) is 21.7 Å². The van der Waals surface area contributed by atoms with Crippen molar-refractivity contribution in [2.75, 3.05) is 0 Å². The summed E-state index contributed by atoms with van der Waals surface area (Å²) in [5.74, 6) is 1.45. The number of allylic oxidation sites excluding steroid dienone is 4. The molecule has 2 saturated carbocycles. The molecule has 1 heteroatoms. The Morgan fingerprint density at radius 2 is 0.939 bits per heavy atom. The standard InChI is InChI=1S/2C10H15.2C6H5.Sn/c2*1-9(2)8-4-6-10(9,3)7-5-8;2*1-2-4-6-5-3-1;/h2*4,8H,5,7H2,1-3H3;2*1-5H;/t2*8-,10+;;;/m00.../s1. The van der Waals surface area contributed by atoms with Gasteiger partial charge in [0.15, 0.2) is 0 Å². The minimum atomic E-state index is -3.52. The van der Waals surface area contributed by atoms with Gasteiger partial charge in [0.25, 0.3) is 0 Å². The third-order valence-electron chi connectivity index (χ3n) is 11.8. The number of benzene rings is 2. The predicted molar refractivity (Wildman–Crippen MR) is 143 cm³/mol. The molecule has 0 aliphatic heterocycles. The second kappa shape index (κ2) is 6.90. The van der Waals surface area contributed by atoms with Gasteiger partial charge in [-0.15, -0.1) is 0 Å². The van der Waals surface area contributed by atoms with Gasteiger partial charge in [0.05, 0.1) is 0 Å². The number of hydrogen-bond acceptors (Lipinski definition) is 0. The zero-order chi connectivity index (χ0) is 23.3. The molecule has 0 aromatic heterocycles. The summed E-state index contributed by atoms with van der Waals surface area (Å²) in [7, 11) is 0. The van der Waals surface area contributed by atoms with Crippen molar-refractivity contribution in [3.05, 3.63) is 80.0 Å². The van der Waals surface area contributed by atoms with Gasteiger partial charge in [-0.3, -0.25) is 0 Å². The van der Waals surface area contributed by atoms with E-state index in [1.54, 1.807) is 7.16 Å². The first-order chi connectivity index (χ1) is 15.6. The van der Waals surface area contributed by atoms with E-state index in [2.05, 4.69) is 114 Å². The van der Waals surface area contributed by atoms with Crippen LogP contribution in [0.25, 0.3) is 0 Å². The van der Waals surface area contributed by atoms with Crippen LogP contribution in [0.15, 0.2) is 80.0 Å². The summed E-state index contributed by atoms with van der Waals surface area (Å²) < 4.78 is 7.13. The average Bonchev–Trinajstić information content (AvgIpc) is 3.34. The second-order valence-corrected chi connectivity index (χ2v) is 23.7. The Bertz CT molecular complexity index is 1060. The molecule has 0 nitrogen and oxygen atoms in total. The van der Waals surface area contributed by atoms with Crippen LogP contribution in [0.3, 0.4) is 0 Å². The molecule has 4 atom stereocenters. The third kappa shape index (κ3) is 2.50. The van der Waals surface area contributed by atoms with E-state index >= 15 is 0 Å². The van der Waals surface area contributed by atoms with Gasteiger partial charge in [-0.05, 0) is 0 Å². The van der Waals surface area contributed by atoms with Crippen LogP contribution in [0.5, 0.6) is 0 Å². The van der Waals surface area contributed by atoms with E-state index in [1.807, 2.05) is 7.18 Å². The molecule has 6 rings (SSSR count). The fourth-order valence-corrected chi connectivity index (χ4v) is 27.9. The molecule has 0 N–H and O–H groups in total. The molecule has 0 radical (unpaired) electrons. The van der Waals surface area contributed by atoms with Crippen molar-refractivity contribution in [2.45, 2.75) is 67.2 Å². The summed E-state index contributed by atoms with van der Waals surface area (Å²) in [6.07, 6.45) is 11.1. The summed E-state index contributed by atoms with van der Waals surface area (Å²) in [5.41, 5.74) is 1.29. The molecule has 4 aliphatic rings. The fourth-order valence-electron chi connectivity index (χ4n) is 8.78. The van der Waals surface area contributed by atoms with Crippen molar-refractivity contribution in [1.29, 1.82) is 0 Å². The Morgan fingerprint density at radius 1 is 0.576 bits per heavy atom. The first-order valence-corrected chi connectivity index (χ1v) is 18.9. The third-order valence-corrected chi connectivity index (χ3v) is 27.3.